The van der Waals surface area contributed by atoms with Gasteiger partial charge in [0.05, 0.1) is 12.6 Å². The fraction of sp³-hybridized carbons (Fsp3) is 0.500. The summed E-state index contributed by atoms with van der Waals surface area (Å²) >= 11 is 5.01. The van der Waals surface area contributed by atoms with Gasteiger partial charge < -0.3 is 15.7 Å². The summed E-state index contributed by atoms with van der Waals surface area (Å²) in [6.45, 7) is 0.931. The molecule has 0 spiro atoms. The molecule has 19 heavy (non-hydrogen) atoms. The van der Waals surface area contributed by atoms with Gasteiger partial charge in [-0.05, 0) is 31.0 Å². The Morgan fingerprint density at radius 3 is 2.89 bits per heavy atom. The van der Waals surface area contributed by atoms with Crippen molar-refractivity contribution in [2.75, 3.05) is 18.1 Å². The molecule has 3 N–H and O–H groups in total. The summed E-state index contributed by atoms with van der Waals surface area (Å²) in [5, 5.41) is 9.55. The number of aliphatic hydroxyl groups excluding tert-OH is 1. The van der Waals surface area contributed by atoms with E-state index in [0.29, 0.717) is 5.56 Å². The topological polar surface area (TPSA) is 49.5 Å². The lowest BCUT2D eigenvalue weighted by Gasteiger charge is -2.32. The van der Waals surface area contributed by atoms with Gasteiger partial charge in [-0.1, -0.05) is 25.1 Å². The first-order chi connectivity index (χ1) is 9.13. The van der Waals surface area contributed by atoms with Crippen molar-refractivity contribution in [3.8, 4) is 0 Å². The van der Waals surface area contributed by atoms with Gasteiger partial charge in [0.1, 0.15) is 10.8 Å². The Bertz CT molecular complexity index is 467. The Labute approximate surface area is 118 Å². The van der Waals surface area contributed by atoms with Crippen LogP contribution in [0.15, 0.2) is 18.2 Å². The van der Waals surface area contributed by atoms with E-state index in [9.17, 15) is 9.50 Å². The average molecular weight is 282 g/mol. The van der Waals surface area contributed by atoms with E-state index in [4.69, 9.17) is 18.0 Å². The molecule has 1 saturated heterocycles. The number of nitrogens with zero attached hydrogens (tertiary/aromatic N) is 1. The lowest BCUT2D eigenvalue weighted by Crippen LogP contribution is -2.38. The van der Waals surface area contributed by atoms with E-state index >= 15 is 0 Å². The van der Waals surface area contributed by atoms with Gasteiger partial charge in [0.2, 0.25) is 0 Å². The molecule has 0 saturated carbocycles. The minimum atomic E-state index is -0.345. The van der Waals surface area contributed by atoms with Gasteiger partial charge in [-0.2, -0.15) is 0 Å². The van der Waals surface area contributed by atoms with Crippen molar-refractivity contribution >= 4 is 22.9 Å². The lowest BCUT2D eigenvalue weighted by molar-refractivity contribution is 0.255. The van der Waals surface area contributed by atoms with Gasteiger partial charge in [-0.3, -0.25) is 0 Å². The molecule has 1 unspecified atom stereocenters. The molecule has 0 aromatic heterocycles. The van der Waals surface area contributed by atoms with Crippen molar-refractivity contribution in [2.24, 2.45) is 5.73 Å². The van der Waals surface area contributed by atoms with Crippen LogP contribution >= 0.6 is 12.2 Å². The molecule has 1 aliphatic rings. The number of thiocarbonyl (C=S) groups is 1. The van der Waals surface area contributed by atoms with Gasteiger partial charge in [-0.15, -0.1) is 0 Å². The summed E-state index contributed by atoms with van der Waals surface area (Å²) in [5.74, 6) is -0.345. The molecular formula is C14H19FN2OS. The van der Waals surface area contributed by atoms with Gasteiger partial charge in [-0.25, -0.2) is 4.39 Å². The van der Waals surface area contributed by atoms with Crippen LogP contribution in [0, 0.1) is 5.82 Å². The van der Waals surface area contributed by atoms with E-state index in [2.05, 4.69) is 4.90 Å². The van der Waals surface area contributed by atoms with Crippen LogP contribution in [0.4, 0.5) is 10.1 Å². The number of aliphatic hydroxyl groups is 1. The Balaban J connectivity index is 2.40. The molecule has 0 bridgehead atoms. The maximum atomic E-state index is 13.4. The number of hydrogen-bond donors (Lipinski definition) is 2. The zero-order valence-corrected chi connectivity index (χ0v) is 11.6. The fourth-order valence-electron chi connectivity index (χ4n) is 2.64. The first kappa shape index (κ1) is 14.2. The monoisotopic (exact) mass is 282 g/mol. The maximum Gasteiger partial charge on any atom is 0.124 e. The molecule has 1 heterocycles. The predicted octanol–water partition coefficient (Wildman–Crippen LogP) is 2.20. The molecule has 1 aromatic carbocycles. The Morgan fingerprint density at radius 1 is 1.42 bits per heavy atom. The van der Waals surface area contributed by atoms with Crippen molar-refractivity contribution in [3.05, 3.63) is 29.6 Å². The Hall–Kier alpha value is -1.20. The average Bonchev–Trinajstić information content (AvgIpc) is 2.63. The number of hydrogen-bond acceptors (Lipinski definition) is 3. The summed E-state index contributed by atoms with van der Waals surface area (Å²) in [7, 11) is 0. The highest BCUT2D eigenvalue weighted by Crippen LogP contribution is 2.28. The summed E-state index contributed by atoms with van der Waals surface area (Å²) in [5.41, 5.74) is 7.07. The van der Waals surface area contributed by atoms with Crippen LogP contribution in [0.3, 0.4) is 0 Å². The van der Waals surface area contributed by atoms with E-state index in [0.717, 1.165) is 37.9 Å². The minimum Gasteiger partial charge on any atom is -0.394 e. The summed E-state index contributed by atoms with van der Waals surface area (Å²) in [4.78, 5) is 2.30. The second kappa shape index (κ2) is 6.30. The Kier molecular flexibility index (Phi) is 4.71. The third-order valence-electron chi connectivity index (χ3n) is 3.62. The fourth-order valence-corrected chi connectivity index (χ4v) is 2.80. The highest BCUT2D eigenvalue weighted by molar-refractivity contribution is 7.80. The molecule has 0 amide bonds. The quantitative estimate of drug-likeness (QED) is 0.835. The van der Waals surface area contributed by atoms with Crippen molar-refractivity contribution in [2.45, 2.75) is 31.7 Å². The van der Waals surface area contributed by atoms with Crippen LogP contribution in [0.5, 0.6) is 0 Å². The molecular weight excluding hydrogens is 263 g/mol. The number of nitrogens with two attached hydrogens (primary N) is 1. The summed E-state index contributed by atoms with van der Waals surface area (Å²) in [6, 6.07) is 4.55. The molecule has 1 fully saturated rings. The minimum absolute atomic E-state index is 0.0565. The van der Waals surface area contributed by atoms with E-state index in [-0.39, 0.29) is 23.5 Å². The van der Waals surface area contributed by atoms with Crippen LogP contribution in [0.25, 0.3) is 0 Å². The smallest absolute Gasteiger partial charge is 0.124 e. The van der Waals surface area contributed by atoms with Gasteiger partial charge in [0.15, 0.2) is 0 Å². The number of benzene rings is 1. The molecule has 0 radical (unpaired) electrons. The van der Waals surface area contributed by atoms with Gasteiger partial charge in [0, 0.05) is 17.8 Å². The van der Waals surface area contributed by atoms with E-state index in [1.165, 1.54) is 12.1 Å². The van der Waals surface area contributed by atoms with Crippen LogP contribution in [0.2, 0.25) is 0 Å². The van der Waals surface area contributed by atoms with Crippen LogP contribution in [-0.2, 0) is 0 Å². The summed E-state index contributed by atoms with van der Waals surface area (Å²) < 4.78 is 13.4. The van der Waals surface area contributed by atoms with Crippen molar-refractivity contribution < 1.29 is 9.50 Å². The molecule has 1 aromatic rings. The van der Waals surface area contributed by atoms with E-state index in [1.807, 2.05) is 0 Å². The standard InChI is InChI=1S/C14H19FN2OS/c15-10-5-6-13(12(8-10)14(16)19)17-7-3-1-2-4-11(17)9-18/h5-6,8,11,18H,1-4,7,9H2,(H2,16,19). The normalized spacial score (nSPS) is 20.1. The number of halogens is 1. The molecule has 5 heteroatoms. The van der Waals surface area contributed by atoms with Crippen molar-refractivity contribution in [3.63, 3.8) is 0 Å². The van der Waals surface area contributed by atoms with E-state index < -0.39 is 0 Å². The van der Waals surface area contributed by atoms with Crippen LogP contribution < -0.4 is 10.6 Å². The Morgan fingerprint density at radius 2 is 2.21 bits per heavy atom. The third-order valence-corrected chi connectivity index (χ3v) is 3.84. The largest absolute Gasteiger partial charge is 0.394 e. The molecule has 1 aliphatic heterocycles. The SMILES string of the molecule is NC(=S)c1cc(F)ccc1N1CCCCCC1CO. The van der Waals surface area contributed by atoms with Crippen molar-refractivity contribution in [1.29, 1.82) is 0 Å². The lowest BCUT2D eigenvalue weighted by atomic mass is 10.1. The highest BCUT2D eigenvalue weighted by Gasteiger charge is 2.23. The first-order valence-corrected chi connectivity index (χ1v) is 7.01. The van der Waals surface area contributed by atoms with E-state index in [1.54, 1.807) is 6.07 Å². The van der Waals surface area contributed by atoms with Gasteiger partial charge >= 0.3 is 0 Å². The second-order valence-electron chi connectivity index (χ2n) is 4.90. The van der Waals surface area contributed by atoms with Crippen LogP contribution in [0.1, 0.15) is 31.2 Å². The maximum absolute atomic E-state index is 13.4. The third kappa shape index (κ3) is 3.22. The van der Waals surface area contributed by atoms with Crippen LogP contribution in [-0.4, -0.2) is 29.3 Å². The first-order valence-electron chi connectivity index (χ1n) is 6.60. The number of anilines is 1. The zero-order valence-electron chi connectivity index (χ0n) is 10.8. The predicted molar refractivity (Wildman–Crippen MR) is 79.0 cm³/mol. The molecule has 3 nitrogen and oxygen atoms in total. The van der Waals surface area contributed by atoms with Gasteiger partial charge in [0.25, 0.3) is 0 Å². The molecule has 2 rings (SSSR count). The highest BCUT2D eigenvalue weighted by atomic mass is 32.1. The molecule has 1 atom stereocenters. The molecule has 104 valence electrons. The van der Waals surface area contributed by atoms with Crippen molar-refractivity contribution in [1.82, 2.24) is 0 Å². The zero-order chi connectivity index (χ0) is 13.8. The molecule has 0 aliphatic carbocycles. The summed E-state index contributed by atoms with van der Waals surface area (Å²) in [6.07, 6.45) is 4.25. The second-order valence-corrected chi connectivity index (χ2v) is 5.34. The number of rotatable bonds is 3.